The van der Waals surface area contributed by atoms with Crippen LogP contribution in [0.3, 0.4) is 0 Å². The fraction of sp³-hybridized carbons (Fsp3) is 0.267. The Morgan fingerprint density at radius 2 is 1.79 bits per heavy atom. The summed E-state index contributed by atoms with van der Waals surface area (Å²) in [5, 5.41) is 7.17. The van der Waals surface area contributed by atoms with E-state index in [4.69, 9.17) is 17.2 Å². The first-order chi connectivity index (χ1) is 18.3. The number of hydrogen-bond donors (Lipinski definition) is 2. The van der Waals surface area contributed by atoms with Gasteiger partial charge in [0.15, 0.2) is 5.11 Å². The van der Waals surface area contributed by atoms with Crippen molar-refractivity contribution in [3.63, 3.8) is 0 Å². The van der Waals surface area contributed by atoms with Gasteiger partial charge in [0.05, 0.1) is 17.8 Å². The third-order valence-corrected chi connectivity index (χ3v) is 7.48. The minimum Gasteiger partial charge on any atom is -0.351 e. The van der Waals surface area contributed by atoms with E-state index in [2.05, 4.69) is 64.1 Å². The Kier molecular flexibility index (Phi) is 6.99. The summed E-state index contributed by atoms with van der Waals surface area (Å²) in [5.74, 6) is 0.916. The fourth-order valence-electron chi connectivity index (χ4n) is 5.25. The monoisotopic (exact) mass is 524 g/mol. The van der Waals surface area contributed by atoms with Crippen LogP contribution in [0.4, 0.5) is 11.4 Å². The lowest BCUT2D eigenvalue weighted by Crippen LogP contribution is -2.29. The number of nitrogens with one attached hydrogen (secondary N) is 2. The van der Waals surface area contributed by atoms with Crippen LogP contribution in [0.25, 0.3) is 5.82 Å². The minimum absolute atomic E-state index is 0.00967. The van der Waals surface area contributed by atoms with E-state index >= 15 is 0 Å². The highest BCUT2D eigenvalue weighted by Gasteiger charge is 2.42. The maximum absolute atomic E-state index is 12.0. The van der Waals surface area contributed by atoms with Crippen LogP contribution in [0.15, 0.2) is 67.0 Å². The molecule has 1 saturated heterocycles. The Morgan fingerprint density at radius 1 is 1.00 bits per heavy atom. The van der Waals surface area contributed by atoms with Crippen LogP contribution in [-0.2, 0) is 4.79 Å². The molecule has 4 aromatic rings. The predicted molar refractivity (Wildman–Crippen MR) is 156 cm³/mol. The number of nitrogens with zero attached hydrogens (tertiary/aromatic N) is 4. The molecular formula is C30H32N6OS. The normalized spacial score (nSPS) is 17.0. The zero-order valence-corrected chi connectivity index (χ0v) is 23.1. The number of pyridine rings is 2. The summed E-state index contributed by atoms with van der Waals surface area (Å²) in [7, 11) is 0. The first-order valence-corrected chi connectivity index (χ1v) is 13.2. The molecule has 7 nitrogen and oxygen atoms in total. The lowest BCUT2D eigenvalue weighted by molar-refractivity contribution is -0.115. The molecule has 0 spiro atoms. The molecule has 38 heavy (non-hydrogen) atoms. The Hall–Kier alpha value is -4.04. The van der Waals surface area contributed by atoms with Gasteiger partial charge in [0.1, 0.15) is 5.82 Å². The molecule has 1 aliphatic heterocycles. The number of anilines is 2. The highest BCUT2D eigenvalue weighted by atomic mass is 32.1. The summed E-state index contributed by atoms with van der Waals surface area (Å²) >= 11 is 5.94. The number of aryl methyl sites for hydroxylation is 3. The average molecular weight is 525 g/mol. The van der Waals surface area contributed by atoms with Gasteiger partial charge in [-0.15, -0.1) is 0 Å². The molecule has 2 N–H and O–H groups in total. The van der Waals surface area contributed by atoms with E-state index in [1.54, 1.807) is 0 Å². The topological polar surface area (TPSA) is 75.1 Å². The smallest absolute Gasteiger partial charge is 0.224 e. The van der Waals surface area contributed by atoms with Gasteiger partial charge in [0, 0.05) is 41.6 Å². The molecule has 1 aromatic carbocycles. The molecule has 1 fully saturated rings. The molecule has 3 aromatic heterocycles. The summed E-state index contributed by atoms with van der Waals surface area (Å²) in [6.45, 7) is 10.2. The van der Waals surface area contributed by atoms with Gasteiger partial charge < -0.3 is 20.1 Å². The maximum atomic E-state index is 12.0. The van der Waals surface area contributed by atoms with Crippen molar-refractivity contribution in [2.24, 2.45) is 0 Å². The van der Waals surface area contributed by atoms with Gasteiger partial charge in [0.25, 0.3) is 0 Å². The van der Waals surface area contributed by atoms with Crippen molar-refractivity contribution in [1.82, 2.24) is 19.9 Å². The number of hydrogen-bond acceptors (Lipinski definition) is 4. The number of aromatic nitrogens is 3. The second kappa shape index (κ2) is 10.4. The fourth-order valence-corrected chi connectivity index (χ4v) is 5.60. The van der Waals surface area contributed by atoms with E-state index in [0.717, 1.165) is 51.0 Å². The van der Waals surface area contributed by atoms with Crippen LogP contribution in [0, 0.1) is 27.7 Å². The first kappa shape index (κ1) is 25.6. The van der Waals surface area contributed by atoms with Crippen molar-refractivity contribution < 1.29 is 4.79 Å². The molecule has 0 radical (unpaired) electrons. The molecule has 0 aliphatic carbocycles. The minimum atomic E-state index is -0.151. The summed E-state index contributed by atoms with van der Waals surface area (Å²) < 4.78 is 2.22. The second-order valence-electron chi connectivity index (χ2n) is 9.70. The molecular weight excluding hydrogens is 492 g/mol. The SMILES string of the molecule is CCC(=O)Nc1ccc(N2C(=S)N[C@@H](c3ccccn3)[C@H]2c2cc(C)n(-c3ncccc3C)c2C)cc1C. The van der Waals surface area contributed by atoms with Gasteiger partial charge in [0.2, 0.25) is 5.91 Å². The summed E-state index contributed by atoms with van der Waals surface area (Å²) in [6, 6.07) is 18.0. The third kappa shape index (κ3) is 4.56. The number of benzene rings is 1. The molecule has 194 valence electrons. The summed E-state index contributed by atoms with van der Waals surface area (Å²) in [5.41, 5.74) is 8.13. The molecule has 5 rings (SSSR count). The van der Waals surface area contributed by atoms with Gasteiger partial charge in [-0.05, 0) is 99.1 Å². The average Bonchev–Trinajstić information content (AvgIpc) is 3.41. The van der Waals surface area contributed by atoms with Gasteiger partial charge in [-0.2, -0.15) is 0 Å². The molecule has 0 saturated carbocycles. The Bertz CT molecular complexity index is 1510. The standard InChI is InChI=1S/C30H32N6OS/c1-6-26(37)33-24-13-12-22(16-19(24)3)36-28(27(34-30(36)38)25-11-7-8-14-31-25)23-17-20(4)35(21(23)5)29-18(2)10-9-15-32-29/h7-17,27-28H,6H2,1-5H3,(H,33,37)(H,34,38)/t27-,28+/m0/s1. The second-order valence-corrected chi connectivity index (χ2v) is 10.1. The van der Waals surface area contributed by atoms with Crippen molar-refractivity contribution >= 4 is 34.6 Å². The van der Waals surface area contributed by atoms with E-state index in [-0.39, 0.29) is 18.0 Å². The van der Waals surface area contributed by atoms with Crippen LogP contribution >= 0.6 is 12.2 Å². The van der Waals surface area contributed by atoms with Crippen LogP contribution in [-0.4, -0.2) is 25.6 Å². The Balaban J connectivity index is 1.64. The highest BCUT2D eigenvalue weighted by molar-refractivity contribution is 7.80. The van der Waals surface area contributed by atoms with Crippen LogP contribution in [0.5, 0.6) is 0 Å². The number of amides is 1. The zero-order chi connectivity index (χ0) is 27.0. The van der Waals surface area contributed by atoms with Crippen LogP contribution < -0.4 is 15.5 Å². The van der Waals surface area contributed by atoms with Gasteiger partial charge in [-0.3, -0.25) is 9.78 Å². The lowest BCUT2D eigenvalue weighted by atomic mass is 9.96. The number of thiocarbonyl (C=S) groups is 1. The highest BCUT2D eigenvalue weighted by Crippen LogP contribution is 2.44. The molecule has 8 heteroatoms. The summed E-state index contributed by atoms with van der Waals surface area (Å²) in [4.78, 5) is 23.6. The van der Waals surface area contributed by atoms with E-state index < -0.39 is 0 Å². The Labute approximate surface area is 228 Å². The Morgan fingerprint density at radius 3 is 2.47 bits per heavy atom. The number of carbonyl (C=O) groups excluding carboxylic acids is 1. The number of rotatable bonds is 6. The van der Waals surface area contributed by atoms with E-state index in [0.29, 0.717) is 11.5 Å². The third-order valence-electron chi connectivity index (χ3n) is 7.16. The molecule has 0 bridgehead atoms. The summed E-state index contributed by atoms with van der Waals surface area (Å²) in [6.07, 6.45) is 4.08. The van der Waals surface area contributed by atoms with Gasteiger partial charge in [-0.25, -0.2) is 4.98 Å². The largest absolute Gasteiger partial charge is 0.351 e. The van der Waals surface area contributed by atoms with E-state index in [9.17, 15) is 4.79 Å². The van der Waals surface area contributed by atoms with Crippen molar-refractivity contribution in [3.8, 4) is 5.82 Å². The lowest BCUT2D eigenvalue weighted by Gasteiger charge is -2.29. The first-order valence-electron chi connectivity index (χ1n) is 12.8. The molecule has 1 aliphatic rings. The maximum Gasteiger partial charge on any atom is 0.224 e. The van der Waals surface area contributed by atoms with Gasteiger partial charge in [-0.1, -0.05) is 19.1 Å². The van der Waals surface area contributed by atoms with Crippen molar-refractivity contribution in [2.45, 2.75) is 53.1 Å². The zero-order valence-electron chi connectivity index (χ0n) is 22.3. The molecule has 1 amide bonds. The van der Waals surface area contributed by atoms with Crippen LogP contribution in [0.1, 0.15) is 59.2 Å². The molecule has 2 atom stereocenters. The van der Waals surface area contributed by atoms with E-state index in [1.807, 2.05) is 62.6 Å². The van der Waals surface area contributed by atoms with Crippen molar-refractivity contribution in [2.75, 3.05) is 10.2 Å². The van der Waals surface area contributed by atoms with Crippen LogP contribution in [0.2, 0.25) is 0 Å². The molecule has 0 unspecified atom stereocenters. The van der Waals surface area contributed by atoms with Crippen molar-refractivity contribution in [3.05, 3.63) is 101 Å². The van der Waals surface area contributed by atoms with E-state index in [1.165, 1.54) is 0 Å². The number of carbonyl (C=O) groups is 1. The predicted octanol–water partition coefficient (Wildman–Crippen LogP) is 6.03. The van der Waals surface area contributed by atoms with Gasteiger partial charge >= 0.3 is 0 Å². The molecule has 4 heterocycles. The quantitative estimate of drug-likeness (QED) is 0.300. The van der Waals surface area contributed by atoms with Crippen molar-refractivity contribution in [1.29, 1.82) is 0 Å².